The van der Waals surface area contributed by atoms with Gasteiger partial charge in [-0.25, -0.2) is 22.8 Å². The van der Waals surface area contributed by atoms with Crippen LogP contribution in [0.15, 0.2) is 36.5 Å². The first kappa shape index (κ1) is 28.7. The fourth-order valence-corrected chi connectivity index (χ4v) is 8.50. The highest BCUT2D eigenvalue weighted by Gasteiger charge is 2.47. The number of Topliss-reactive ketones (excluding diaryl/α,β-unsaturated/α-hetero) is 1. The SMILES string of the molecule is COc1cnc(-c2nc([C@@H]3CCCC[C@H]3C(=O)CC3(C#N)CC3)c(-c3ccc(N4CCS(=O)(=O)CC4)cc3)s2)c(F)c1. The first-order valence-corrected chi connectivity index (χ1v) is 17.0. The number of ketones is 1. The molecule has 1 aliphatic heterocycles. The molecule has 42 heavy (non-hydrogen) atoms. The van der Waals surface area contributed by atoms with Crippen molar-refractivity contribution in [2.45, 2.75) is 50.9 Å². The van der Waals surface area contributed by atoms with Gasteiger partial charge in [-0.15, -0.1) is 11.3 Å². The minimum atomic E-state index is -2.98. The molecule has 0 spiro atoms. The molecule has 6 rings (SSSR count). The van der Waals surface area contributed by atoms with Crippen LogP contribution in [-0.2, 0) is 14.6 Å². The zero-order valence-corrected chi connectivity index (χ0v) is 25.1. The smallest absolute Gasteiger partial charge is 0.155 e. The van der Waals surface area contributed by atoms with E-state index in [1.807, 2.05) is 24.3 Å². The number of methoxy groups -OCH3 is 1. The molecule has 3 heterocycles. The van der Waals surface area contributed by atoms with E-state index in [0.717, 1.165) is 60.3 Å². The first-order chi connectivity index (χ1) is 20.2. The van der Waals surface area contributed by atoms with Crippen molar-refractivity contribution in [3.05, 3.63) is 48.0 Å². The average Bonchev–Trinajstić information content (AvgIpc) is 3.64. The van der Waals surface area contributed by atoms with Crippen LogP contribution < -0.4 is 9.64 Å². The fourth-order valence-electron chi connectivity index (χ4n) is 6.16. The quantitative estimate of drug-likeness (QED) is 0.316. The predicted molar refractivity (Wildman–Crippen MR) is 160 cm³/mol. The molecule has 11 heteroatoms. The number of hydrogen-bond donors (Lipinski definition) is 0. The van der Waals surface area contributed by atoms with E-state index in [-0.39, 0.29) is 41.2 Å². The van der Waals surface area contributed by atoms with E-state index in [2.05, 4.69) is 16.0 Å². The summed E-state index contributed by atoms with van der Waals surface area (Å²) in [4.78, 5) is 25.8. The topological polar surface area (TPSA) is 113 Å². The number of nitrogens with zero attached hydrogens (tertiary/aromatic N) is 4. The number of rotatable bonds is 8. The molecular weight excluding hydrogens is 575 g/mol. The van der Waals surface area contributed by atoms with Crippen LogP contribution in [0.5, 0.6) is 5.75 Å². The zero-order valence-electron chi connectivity index (χ0n) is 23.5. The number of carbonyl (C=O) groups is 1. The van der Waals surface area contributed by atoms with Gasteiger partial charge in [0.2, 0.25) is 0 Å². The Morgan fingerprint density at radius 3 is 2.55 bits per heavy atom. The highest BCUT2D eigenvalue weighted by Crippen LogP contribution is 2.51. The van der Waals surface area contributed by atoms with Crippen molar-refractivity contribution in [3.63, 3.8) is 0 Å². The molecule has 3 fully saturated rings. The van der Waals surface area contributed by atoms with Gasteiger partial charge in [0.15, 0.2) is 15.7 Å². The fraction of sp³-hybridized carbons (Fsp3) is 0.484. The number of anilines is 1. The van der Waals surface area contributed by atoms with Gasteiger partial charge in [-0.2, -0.15) is 5.26 Å². The van der Waals surface area contributed by atoms with Gasteiger partial charge in [-0.3, -0.25) is 4.79 Å². The van der Waals surface area contributed by atoms with E-state index in [0.29, 0.717) is 23.8 Å². The highest BCUT2D eigenvalue weighted by atomic mass is 32.2. The van der Waals surface area contributed by atoms with Crippen LogP contribution in [0.1, 0.15) is 56.6 Å². The third-order valence-electron chi connectivity index (χ3n) is 8.88. The summed E-state index contributed by atoms with van der Waals surface area (Å²) in [6, 6.07) is 11.6. The van der Waals surface area contributed by atoms with Crippen molar-refractivity contribution in [1.29, 1.82) is 5.26 Å². The molecule has 220 valence electrons. The third kappa shape index (κ3) is 5.79. The molecule has 0 unspecified atom stereocenters. The second-order valence-electron chi connectivity index (χ2n) is 11.7. The molecule has 1 saturated heterocycles. The van der Waals surface area contributed by atoms with E-state index in [4.69, 9.17) is 9.72 Å². The van der Waals surface area contributed by atoms with Gasteiger partial charge in [0, 0.05) is 43.1 Å². The summed E-state index contributed by atoms with van der Waals surface area (Å²) in [5.41, 5.74) is 2.26. The number of ether oxygens (including phenoxy) is 1. The molecule has 3 aliphatic rings. The summed E-state index contributed by atoms with van der Waals surface area (Å²) in [5.74, 6) is -0.168. The van der Waals surface area contributed by atoms with Crippen molar-refractivity contribution in [2.24, 2.45) is 11.3 Å². The standard InChI is InChI=1S/C31H33FN4O4S2/c1-40-22-16-25(32)28(34-18-22)30-35-27(24-5-3-2-4-23(24)26(37)17-31(19-33)10-11-31)29(41-30)20-6-8-21(9-7-20)36-12-14-42(38,39)15-13-36/h6-9,16,18,23-24H,2-5,10-15,17H2,1H3/t23-,24-/m1/s1. The number of pyridine rings is 1. The molecule has 2 saturated carbocycles. The maximum Gasteiger partial charge on any atom is 0.155 e. The monoisotopic (exact) mass is 608 g/mol. The third-order valence-corrected chi connectivity index (χ3v) is 11.6. The summed E-state index contributed by atoms with van der Waals surface area (Å²) in [6.07, 6.45) is 6.77. The Morgan fingerprint density at radius 1 is 1.19 bits per heavy atom. The number of nitriles is 1. The van der Waals surface area contributed by atoms with Crippen molar-refractivity contribution in [1.82, 2.24) is 9.97 Å². The Balaban J connectivity index is 1.37. The predicted octanol–water partition coefficient (Wildman–Crippen LogP) is 5.79. The Labute approximate surface area is 249 Å². The minimum Gasteiger partial charge on any atom is -0.495 e. The van der Waals surface area contributed by atoms with Gasteiger partial charge in [0.05, 0.1) is 46.9 Å². The maximum atomic E-state index is 15.1. The summed E-state index contributed by atoms with van der Waals surface area (Å²) >= 11 is 1.36. The normalized spacial score (nSPS) is 22.7. The second-order valence-corrected chi connectivity index (χ2v) is 15.0. The Kier molecular flexibility index (Phi) is 7.79. The van der Waals surface area contributed by atoms with Crippen molar-refractivity contribution in [3.8, 4) is 33.0 Å². The van der Waals surface area contributed by atoms with Crippen LogP contribution in [0.25, 0.3) is 21.1 Å². The van der Waals surface area contributed by atoms with Crippen molar-refractivity contribution < 1.29 is 22.3 Å². The maximum absolute atomic E-state index is 15.1. The van der Waals surface area contributed by atoms with E-state index in [9.17, 15) is 18.5 Å². The van der Waals surface area contributed by atoms with Crippen molar-refractivity contribution >= 4 is 32.6 Å². The summed E-state index contributed by atoms with van der Waals surface area (Å²) < 4.78 is 44.1. The lowest BCUT2D eigenvalue weighted by Crippen LogP contribution is -2.40. The molecule has 2 atom stereocenters. The summed E-state index contributed by atoms with van der Waals surface area (Å²) in [7, 11) is -1.53. The second kappa shape index (κ2) is 11.4. The molecule has 0 radical (unpaired) electrons. The molecule has 0 bridgehead atoms. The number of sulfone groups is 1. The highest BCUT2D eigenvalue weighted by molar-refractivity contribution is 7.91. The lowest BCUT2D eigenvalue weighted by atomic mass is 9.73. The number of carbonyl (C=O) groups excluding carboxylic acids is 1. The van der Waals surface area contributed by atoms with Gasteiger partial charge >= 0.3 is 0 Å². The number of thiazole rings is 1. The van der Waals surface area contributed by atoms with Crippen LogP contribution in [0.4, 0.5) is 10.1 Å². The zero-order chi connectivity index (χ0) is 29.5. The molecule has 2 aromatic heterocycles. The van der Waals surface area contributed by atoms with E-state index >= 15 is 4.39 Å². The lowest BCUT2D eigenvalue weighted by Gasteiger charge is -2.31. The van der Waals surface area contributed by atoms with E-state index in [1.165, 1.54) is 30.7 Å². The molecule has 8 nitrogen and oxygen atoms in total. The number of halogens is 1. The average molecular weight is 609 g/mol. The number of hydrogen-bond acceptors (Lipinski definition) is 9. The van der Waals surface area contributed by atoms with Gasteiger partial charge < -0.3 is 9.64 Å². The summed E-state index contributed by atoms with van der Waals surface area (Å²) in [5, 5.41) is 10.1. The molecule has 1 aromatic carbocycles. The number of aromatic nitrogens is 2. The summed E-state index contributed by atoms with van der Waals surface area (Å²) in [6.45, 7) is 0.909. The van der Waals surface area contributed by atoms with Crippen LogP contribution in [0.3, 0.4) is 0 Å². The molecule has 0 amide bonds. The number of benzene rings is 1. The Morgan fingerprint density at radius 2 is 1.90 bits per heavy atom. The van der Waals surface area contributed by atoms with Crippen LogP contribution in [0, 0.1) is 28.5 Å². The van der Waals surface area contributed by atoms with Gasteiger partial charge in [0.25, 0.3) is 0 Å². The molecule has 0 N–H and O–H groups in total. The van der Waals surface area contributed by atoms with Crippen LogP contribution in [0.2, 0.25) is 0 Å². The largest absolute Gasteiger partial charge is 0.495 e. The van der Waals surface area contributed by atoms with E-state index in [1.54, 1.807) is 0 Å². The van der Waals surface area contributed by atoms with Gasteiger partial charge in [0.1, 0.15) is 22.2 Å². The van der Waals surface area contributed by atoms with Gasteiger partial charge in [-0.05, 0) is 43.4 Å². The first-order valence-electron chi connectivity index (χ1n) is 14.4. The van der Waals surface area contributed by atoms with Gasteiger partial charge in [-0.1, -0.05) is 25.0 Å². The molecule has 3 aromatic rings. The molecular formula is C31H33FN4O4S2. The Bertz CT molecular complexity index is 1630. The Hall–Kier alpha value is -3.36. The van der Waals surface area contributed by atoms with Crippen LogP contribution in [-0.4, -0.2) is 55.9 Å². The van der Waals surface area contributed by atoms with E-state index < -0.39 is 21.1 Å². The lowest BCUT2D eigenvalue weighted by molar-refractivity contribution is -0.125. The van der Waals surface area contributed by atoms with Crippen LogP contribution >= 0.6 is 11.3 Å². The van der Waals surface area contributed by atoms with Crippen molar-refractivity contribution in [2.75, 3.05) is 36.6 Å². The molecule has 2 aliphatic carbocycles. The minimum absolute atomic E-state index is 0.128.